The Balaban J connectivity index is 2.37. The molecule has 0 saturated heterocycles. The molecule has 0 aliphatic rings. The fourth-order valence-corrected chi connectivity index (χ4v) is 2.13. The van der Waals surface area contributed by atoms with Crippen molar-refractivity contribution in [1.82, 2.24) is 4.98 Å². The number of hydrogen-bond acceptors (Lipinski definition) is 4. The maximum absolute atomic E-state index is 10.9. The molecule has 0 atom stereocenters. The van der Waals surface area contributed by atoms with Crippen LogP contribution in [0.25, 0.3) is 10.8 Å². The van der Waals surface area contributed by atoms with E-state index in [-0.39, 0.29) is 6.42 Å². The third-order valence-corrected chi connectivity index (χ3v) is 3.02. The monoisotopic (exact) mass is 274 g/mol. The molecule has 2 N–H and O–H groups in total. The predicted octanol–water partition coefficient (Wildman–Crippen LogP) is 2.91. The van der Waals surface area contributed by atoms with Gasteiger partial charge in [0.05, 0.1) is 13.5 Å². The number of anilines is 1. The summed E-state index contributed by atoms with van der Waals surface area (Å²) in [7, 11) is 1.62. The van der Waals surface area contributed by atoms with E-state index in [4.69, 9.17) is 9.84 Å². The van der Waals surface area contributed by atoms with E-state index < -0.39 is 11.5 Å². The lowest BCUT2D eigenvalue weighted by atomic mass is 10.0. The van der Waals surface area contributed by atoms with Crippen molar-refractivity contribution in [2.75, 3.05) is 12.4 Å². The van der Waals surface area contributed by atoms with Crippen LogP contribution in [0.2, 0.25) is 0 Å². The summed E-state index contributed by atoms with van der Waals surface area (Å²) in [6.07, 6.45) is 1.71. The lowest BCUT2D eigenvalue weighted by molar-refractivity contribution is -0.137. The van der Waals surface area contributed by atoms with Gasteiger partial charge in [-0.1, -0.05) is 0 Å². The van der Waals surface area contributed by atoms with Crippen LogP contribution in [-0.2, 0) is 4.79 Å². The first-order valence-electron chi connectivity index (χ1n) is 6.34. The van der Waals surface area contributed by atoms with Crippen LogP contribution in [0.4, 0.5) is 5.82 Å². The molecule has 0 unspecified atom stereocenters. The Morgan fingerprint density at radius 1 is 1.40 bits per heavy atom. The molecular weight excluding hydrogens is 256 g/mol. The number of carboxylic acid groups (broad SMARTS) is 1. The molecule has 0 aliphatic heterocycles. The van der Waals surface area contributed by atoms with Gasteiger partial charge in [-0.3, -0.25) is 4.79 Å². The highest BCUT2D eigenvalue weighted by Crippen LogP contribution is 2.27. The number of carbonyl (C=O) groups is 1. The van der Waals surface area contributed by atoms with Crippen molar-refractivity contribution in [3.63, 3.8) is 0 Å². The Bertz CT molecular complexity index is 638. The molecule has 0 fully saturated rings. The second-order valence-corrected chi connectivity index (χ2v) is 5.33. The number of nitrogens with zero attached hydrogens (tertiary/aromatic N) is 1. The highest BCUT2D eigenvalue weighted by atomic mass is 16.5. The van der Waals surface area contributed by atoms with Crippen LogP contribution in [0.1, 0.15) is 20.3 Å². The summed E-state index contributed by atoms with van der Waals surface area (Å²) in [5, 5.41) is 14.1. The maximum Gasteiger partial charge on any atom is 0.305 e. The van der Waals surface area contributed by atoms with Gasteiger partial charge in [0, 0.05) is 17.1 Å². The van der Waals surface area contributed by atoms with Gasteiger partial charge in [-0.05, 0) is 43.5 Å². The fourth-order valence-electron chi connectivity index (χ4n) is 2.13. The highest BCUT2D eigenvalue weighted by Gasteiger charge is 2.22. The number of rotatable bonds is 5. The first-order chi connectivity index (χ1) is 9.41. The molecule has 0 aliphatic carbocycles. The van der Waals surface area contributed by atoms with E-state index in [1.54, 1.807) is 13.3 Å². The molecule has 0 amide bonds. The van der Waals surface area contributed by atoms with Crippen LogP contribution < -0.4 is 10.1 Å². The molecule has 1 aromatic heterocycles. The van der Waals surface area contributed by atoms with Crippen LogP contribution in [0.3, 0.4) is 0 Å². The zero-order valence-corrected chi connectivity index (χ0v) is 11.8. The van der Waals surface area contributed by atoms with Crippen molar-refractivity contribution in [3.05, 3.63) is 30.5 Å². The van der Waals surface area contributed by atoms with E-state index in [2.05, 4.69) is 10.3 Å². The maximum atomic E-state index is 10.9. The van der Waals surface area contributed by atoms with Crippen molar-refractivity contribution in [1.29, 1.82) is 0 Å². The third kappa shape index (κ3) is 3.17. The molecule has 5 nitrogen and oxygen atoms in total. The predicted molar refractivity (Wildman–Crippen MR) is 78.2 cm³/mol. The van der Waals surface area contributed by atoms with Crippen molar-refractivity contribution in [2.24, 2.45) is 0 Å². The van der Waals surface area contributed by atoms with Gasteiger partial charge in [0.1, 0.15) is 11.6 Å². The van der Waals surface area contributed by atoms with Gasteiger partial charge in [-0.15, -0.1) is 0 Å². The summed E-state index contributed by atoms with van der Waals surface area (Å²) in [5.74, 6) is 0.611. The van der Waals surface area contributed by atoms with Crippen molar-refractivity contribution in [2.45, 2.75) is 25.8 Å². The average molecular weight is 274 g/mol. The van der Waals surface area contributed by atoms with E-state index in [0.717, 1.165) is 16.5 Å². The van der Waals surface area contributed by atoms with Gasteiger partial charge in [-0.25, -0.2) is 4.98 Å². The van der Waals surface area contributed by atoms with Crippen LogP contribution in [0, 0.1) is 0 Å². The van der Waals surface area contributed by atoms with Gasteiger partial charge >= 0.3 is 5.97 Å². The molecule has 0 saturated carbocycles. The van der Waals surface area contributed by atoms with Gasteiger partial charge in [0.2, 0.25) is 0 Å². The molecule has 20 heavy (non-hydrogen) atoms. The van der Waals surface area contributed by atoms with Crippen molar-refractivity contribution < 1.29 is 14.6 Å². The molecule has 106 valence electrons. The Hall–Kier alpha value is -2.30. The molecular formula is C15H18N2O3. The minimum atomic E-state index is -0.843. The first-order valence-corrected chi connectivity index (χ1v) is 6.34. The van der Waals surface area contributed by atoms with Crippen LogP contribution in [0.15, 0.2) is 30.5 Å². The minimum Gasteiger partial charge on any atom is -0.497 e. The summed E-state index contributed by atoms with van der Waals surface area (Å²) in [5.41, 5.74) is -0.576. The molecule has 1 heterocycles. The Kier molecular flexibility index (Phi) is 3.79. The van der Waals surface area contributed by atoms with E-state index >= 15 is 0 Å². The Morgan fingerprint density at radius 3 is 2.80 bits per heavy atom. The molecule has 0 radical (unpaired) electrons. The highest BCUT2D eigenvalue weighted by molar-refractivity contribution is 5.93. The zero-order valence-electron chi connectivity index (χ0n) is 11.8. The van der Waals surface area contributed by atoms with Crippen molar-refractivity contribution in [3.8, 4) is 5.75 Å². The number of fused-ring (bicyclic) bond motifs is 1. The number of benzene rings is 1. The van der Waals surface area contributed by atoms with Gasteiger partial charge in [0.15, 0.2) is 0 Å². The SMILES string of the molecule is COc1ccc2c(NC(C)(C)CC(=O)O)nccc2c1. The summed E-state index contributed by atoms with van der Waals surface area (Å²) in [4.78, 5) is 15.2. The van der Waals surface area contributed by atoms with E-state index in [1.807, 2.05) is 38.1 Å². The fraction of sp³-hybridized carbons (Fsp3) is 0.333. The first kappa shape index (κ1) is 14.1. The van der Waals surface area contributed by atoms with E-state index in [1.165, 1.54) is 0 Å². The van der Waals surface area contributed by atoms with E-state index in [0.29, 0.717) is 5.82 Å². The second kappa shape index (κ2) is 5.36. The number of aliphatic carboxylic acids is 1. The normalized spacial score (nSPS) is 11.3. The Morgan fingerprint density at radius 2 is 2.15 bits per heavy atom. The number of methoxy groups -OCH3 is 1. The molecule has 2 rings (SSSR count). The summed E-state index contributed by atoms with van der Waals surface area (Å²) in [6.45, 7) is 3.68. The lowest BCUT2D eigenvalue weighted by Gasteiger charge is -2.25. The zero-order chi connectivity index (χ0) is 14.8. The lowest BCUT2D eigenvalue weighted by Crippen LogP contribution is -2.34. The van der Waals surface area contributed by atoms with Gasteiger partial charge in [-0.2, -0.15) is 0 Å². The minimum absolute atomic E-state index is 0.0151. The number of hydrogen-bond donors (Lipinski definition) is 2. The second-order valence-electron chi connectivity index (χ2n) is 5.33. The van der Waals surface area contributed by atoms with Gasteiger partial charge in [0.25, 0.3) is 0 Å². The largest absolute Gasteiger partial charge is 0.497 e. The molecule has 2 aromatic rings. The Labute approximate surface area is 117 Å². The van der Waals surface area contributed by atoms with E-state index in [9.17, 15) is 4.79 Å². The third-order valence-electron chi connectivity index (χ3n) is 3.02. The van der Waals surface area contributed by atoms with Crippen LogP contribution >= 0.6 is 0 Å². The number of ether oxygens (including phenoxy) is 1. The smallest absolute Gasteiger partial charge is 0.305 e. The molecule has 1 aromatic carbocycles. The number of nitrogens with one attached hydrogen (secondary N) is 1. The number of pyridine rings is 1. The summed E-state index contributed by atoms with van der Waals surface area (Å²) in [6, 6.07) is 7.60. The topological polar surface area (TPSA) is 71.5 Å². The molecule has 5 heteroatoms. The van der Waals surface area contributed by atoms with Crippen molar-refractivity contribution >= 4 is 22.6 Å². The molecule has 0 spiro atoms. The quantitative estimate of drug-likeness (QED) is 0.877. The summed E-state index contributed by atoms with van der Waals surface area (Å²) < 4.78 is 5.20. The van der Waals surface area contributed by atoms with Gasteiger partial charge < -0.3 is 15.2 Å². The van der Waals surface area contributed by atoms with Crippen LogP contribution in [-0.4, -0.2) is 28.7 Å². The number of carboxylic acids is 1. The average Bonchev–Trinajstić information content (AvgIpc) is 2.36. The standard InChI is InChI=1S/C15H18N2O3/c1-15(2,9-13(18)19)17-14-12-5-4-11(20-3)8-10(12)6-7-16-14/h4-8H,9H2,1-3H3,(H,16,17)(H,18,19). The summed E-state index contributed by atoms with van der Waals surface area (Å²) >= 11 is 0. The van der Waals surface area contributed by atoms with Crippen LogP contribution in [0.5, 0.6) is 5.75 Å². The molecule has 0 bridgehead atoms. The number of aromatic nitrogens is 1.